The van der Waals surface area contributed by atoms with Gasteiger partial charge in [-0.25, -0.2) is 0 Å². The summed E-state index contributed by atoms with van der Waals surface area (Å²) in [6.07, 6.45) is 8.85. The van der Waals surface area contributed by atoms with E-state index in [1.807, 2.05) is 0 Å². The maximum absolute atomic E-state index is 2.42. The van der Waals surface area contributed by atoms with Crippen LogP contribution in [-0.2, 0) is 0 Å². The summed E-state index contributed by atoms with van der Waals surface area (Å²) in [5.41, 5.74) is 4.08. The van der Waals surface area contributed by atoms with Crippen molar-refractivity contribution in [3.63, 3.8) is 0 Å². The van der Waals surface area contributed by atoms with Crippen molar-refractivity contribution in [2.75, 3.05) is 0 Å². The molecule has 0 spiro atoms. The van der Waals surface area contributed by atoms with E-state index in [1.165, 1.54) is 19.3 Å². The van der Waals surface area contributed by atoms with Gasteiger partial charge >= 0.3 is 0 Å². The molecule has 15 heavy (non-hydrogen) atoms. The second kappa shape index (κ2) is 3.23. The van der Waals surface area contributed by atoms with Crippen molar-refractivity contribution in [1.82, 2.24) is 0 Å². The van der Waals surface area contributed by atoms with E-state index in [-0.39, 0.29) is 0 Å². The molecule has 2 aliphatic carbocycles. The Hall–Kier alpha value is -0.520. The third-order valence-electron chi connectivity index (χ3n) is 4.28. The highest BCUT2D eigenvalue weighted by atomic mass is 14.4. The van der Waals surface area contributed by atoms with Crippen molar-refractivity contribution >= 4 is 0 Å². The lowest BCUT2D eigenvalue weighted by Crippen LogP contribution is -2.30. The number of hydrogen-bond acceptors (Lipinski definition) is 0. The van der Waals surface area contributed by atoms with Gasteiger partial charge in [0, 0.05) is 10.8 Å². The molecule has 2 aliphatic rings. The molecule has 0 heteroatoms. The predicted octanol–water partition coefficient (Wildman–Crippen LogP) is 4.73. The highest BCUT2D eigenvalue weighted by Gasteiger charge is 2.37. The molecule has 1 unspecified atom stereocenters. The van der Waals surface area contributed by atoms with Crippen LogP contribution in [-0.4, -0.2) is 0 Å². The zero-order chi connectivity index (χ0) is 11.3. The van der Waals surface area contributed by atoms with E-state index >= 15 is 0 Å². The third-order valence-corrected chi connectivity index (χ3v) is 4.28. The van der Waals surface area contributed by atoms with Crippen LogP contribution >= 0.6 is 0 Å². The molecule has 0 aromatic heterocycles. The predicted molar refractivity (Wildman–Crippen MR) is 66.7 cm³/mol. The fourth-order valence-corrected chi connectivity index (χ4v) is 3.10. The molecule has 0 amide bonds. The Kier molecular flexibility index (Phi) is 2.37. The average molecular weight is 204 g/mol. The van der Waals surface area contributed by atoms with Gasteiger partial charge in [0.25, 0.3) is 0 Å². The largest absolute Gasteiger partial charge is 0.0780 e. The Balaban J connectivity index is 2.46. The van der Waals surface area contributed by atoms with Crippen LogP contribution in [0.2, 0.25) is 0 Å². The summed E-state index contributed by atoms with van der Waals surface area (Å²) in [4.78, 5) is 0. The molecule has 0 saturated carbocycles. The van der Waals surface area contributed by atoms with Crippen LogP contribution in [0.25, 0.3) is 0 Å². The minimum atomic E-state index is 0.305. The molecule has 84 valence electrons. The highest BCUT2D eigenvalue weighted by Crippen LogP contribution is 2.50. The summed E-state index contributed by atoms with van der Waals surface area (Å²) in [5.74, 6) is 0.880. The van der Waals surface area contributed by atoms with Crippen LogP contribution in [0.1, 0.15) is 53.9 Å². The van der Waals surface area contributed by atoms with Crippen LogP contribution in [0.3, 0.4) is 0 Å². The fourth-order valence-electron chi connectivity index (χ4n) is 3.10. The number of allylic oxidation sites excluding steroid dienone is 4. The van der Waals surface area contributed by atoms with Crippen LogP contribution in [0.15, 0.2) is 23.3 Å². The summed E-state index contributed by atoms with van der Waals surface area (Å²) in [7, 11) is 0. The lowest BCUT2D eigenvalue weighted by Gasteiger charge is -2.43. The first-order valence-electron chi connectivity index (χ1n) is 6.26. The van der Waals surface area contributed by atoms with E-state index in [1.54, 1.807) is 11.1 Å². The average Bonchev–Trinajstić information content (AvgIpc) is 2.13. The van der Waals surface area contributed by atoms with E-state index in [4.69, 9.17) is 0 Å². The molecule has 0 heterocycles. The fraction of sp³-hybridized carbons (Fsp3) is 0.733. The van der Waals surface area contributed by atoms with Crippen molar-refractivity contribution in [3.8, 4) is 0 Å². The first kappa shape index (κ1) is 11.0. The van der Waals surface area contributed by atoms with Gasteiger partial charge in [-0.15, -0.1) is 0 Å². The van der Waals surface area contributed by atoms with Crippen LogP contribution in [0.5, 0.6) is 0 Å². The van der Waals surface area contributed by atoms with Crippen LogP contribution < -0.4 is 0 Å². The molecule has 0 aliphatic heterocycles. The van der Waals surface area contributed by atoms with Gasteiger partial charge in [0.2, 0.25) is 0 Å². The minimum Gasteiger partial charge on any atom is -0.0780 e. The standard InChI is InChI=1S/C15H24/c1-11-6-7-12-13(10-11)15(4,5)9-8-14(12,2)3/h8-9,11H,6-7,10H2,1-5H3. The van der Waals surface area contributed by atoms with Gasteiger partial charge in [-0.1, -0.05) is 57.9 Å². The van der Waals surface area contributed by atoms with Gasteiger partial charge in [-0.2, -0.15) is 0 Å². The van der Waals surface area contributed by atoms with Gasteiger partial charge in [0.05, 0.1) is 0 Å². The Morgan fingerprint density at radius 3 is 2.13 bits per heavy atom. The SMILES string of the molecule is CC1CCC2=C(C1)C(C)(C)C=CC2(C)C. The molecule has 0 bridgehead atoms. The number of hydrogen-bond donors (Lipinski definition) is 0. The molecular formula is C15H24. The maximum Gasteiger partial charge on any atom is 0.00376 e. The smallest absolute Gasteiger partial charge is 0.00376 e. The molecule has 0 nitrogen and oxygen atoms in total. The quantitative estimate of drug-likeness (QED) is 0.501. The van der Waals surface area contributed by atoms with E-state index in [0.717, 1.165) is 5.92 Å². The maximum atomic E-state index is 2.42. The molecular weight excluding hydrogens is 180 g/mol. The van der Waals surface area contributed by atoms with Crippen molar-refractivity contribution < 1.29 is 0 Å². The molecule has 0 saturated heterocycles. The summed E-state index contributed by atoms with van der Waals surface area (Å²) in [5, 5.41) is 0. The topological polar surface area (TPSA) is 0 Å². The van der Waals surface area contributed by atoms with Crippen LogP contribution in [0.4, 0.5) is 0 Å². The van der Waals surface area contributed by atoms with Crippen molar-refractivity contribution in [1.29, 1.82) is 0 Å². The van der Waals surface area contributed by atoms with Crippen LogP contribution in [0, 0.1) is 16.7 Å². The Morgan fingerprint density at radius 1 is 1.00 bits per heavy atom. The first-order valence-corrected chi connectivity index (χ1v) is 6.26. The van der Waals surface area contributed by atoms with E-state index in [9.17, 15) is 0 Å². The van der Waals surface area contributed by atoms with Crippen molar-refractivity contribution in [3.05, 3.63) is 23.3 Å². The first-order chi connectivity index (χ1) is 6.83. The van der Waals surface area contributed by atoms with Crippen molar-refractivity contribution in [2.24, 2.45) is 16.7 Å². The molecule has 0 fully saturated rings. The van der Waals surface area contributed by atoms with Gasteiger partial charge in [-0.05, 0) is 25.2 Å². The van der Waals surface area contributed by atoms with Gasteiger partial charge in [0.15, 0.2) is 0 Å². The van der Waals surface area contributed by atoms with E-state index in [2.05, 4.69) is 46.8 Å². The highest BCUT2D eigenvalue weighted by molar-refractivity contribution is 5.39. The minimum absolute atomic E-state index is 0.305. The second-order valence-electron chi connectivity index (χ2n) is 6.58. The summed E-state index contributed by atoms with van der Waals surface area (Å²) < 4.78 is 0. The summed E-state index contributed by atoms with van der Waals surface area (Å²) in [6.45, 7) is 11.9. The molecule has 1 atom stereocenters. The molecule has 0 radical (unpaired) electrons. The van der Waals surface area contributed by atoms with E-state index < -0.39 is 0 Å². The normalized spacial score (nSPS) is 32.7. The molecule has 2 rings (SSSR count). The van der Waals surface area contributed by atoms with Gasteiger partial charge in [-0.3, -0.25) is 0 Å². The zero-order valence-corrected chi connectivity index (χ0v) is 10.9. The molecule has 0 aromatic carbocycles. The monoisotopic (exact) mass is 204 g/mol. The molecule has 0 N–H and O–H groups in total. The van der Waals surface area contributed by atoms with E-state index in [0.29, 0.717) is 10.8 Å². The van der Waals surface area contributed by atoms with Gasteiger partial charge in [0.1, 0.15) is 0 Å². The Morgan fingerprint density at radius 2 is 1.53 bits per heavy atom. The summed E-state index contributed by atoms with van der Waals surface area (Å²) in [6, 6.07) is 0. The lowest BCUT2D eigenvalue weighted by molar-refractivity contribution is 0.366. The Bertz CT molecular complexity index is 326. The van der Waals surface area contributed by atoms with Crippen molar-refractivity contribution in [2.45, 2.75) is 53.9 Å². The molecule has 0 aromatic rings. The second-order valence-corrected chi connectivity index (χ2v) is 6.58. The Labute approximate surface area is 94.5 Å². The van der Waals surface area contributed by atoms with Gasteiger partial charge < -0.3 is 0 Å². The zero-order valence-electron chi connectivity index (χ0n) is 10.9. The summed E-state index contributed by atoms with van der Waals surface area (Å²) >= 11 is 0. The third kappa shape index (κ3) is 1.79. The lowest BCUT2D eigenvalue weighted by atomic mass is 9.62. The number of rotatable bonds is 0.